The lowest BCUT2D eigenvalue weighted by molar-refractivity contribution is 0.0634. The molecule has 4 nitrogen and oxygen atoms in total. The molecule has 25 heavy (non-hydrogen) atoms. The Morgan fingerprint density at radius 2 is 2.04 bits per heavy atom. The van der Waals surface area contributed by atoms with Crippen LogP contribution in [0.4, 0.5) is 0 Å². The maximum atomic E-state index is 13.2. The van der Waals surface area contributed by atoms with E-state index >= 15 is 0 Å². The number of rotatable bonds is 4. The smallest absolute Gasteiger partial charge is 0.254 e. The molecule has 0 spiro atoms. The highest BCUT2D eigenvalue weighted by atomic mass is 35.5. The molecule has 0 aromatic heterocycles. The van der Waals surface area contributed by atoms with E-state index in [-0.39, 0.29) is 11.9 Å². The van der Waals surface area contributed by atoms with Gasteiger partial charge in [0.2, 0.25) is 0 Å². The lowest BCUT2D eigenvalue weighted by Crippen LogP contribution is -2.48. The van der Waals surface area contributed by atoms with Crippen LogP contribution in [0, 0.1) is 0 Å². The average Bonchev–Trinajstić information content (AvgIpc) is 2.61. The van der Waals surface area contributed by atoms with Crippen molar-refractivity contribution in [1.29, 1.82) is 0 Å². The highest BCUT2D eigenvalue weighted by molar-refractivity contribution is 6.31. The minimum Gasteiger partial charge on any atom is -0.329 e. The van der Waals surface area contributed by atoms with Crippen molar-refractivity contribution in [2.24, 2.45) is 0 Å². The number of piperazine rings is 1. The zero-order valence-corrected chi connectivity index (χ0v) is 15.5. The molecule has 2 aromatic rings. The van der Waals surface area contributed by atoms with E-state index in [0.717, 1.165) is 29.8 Å². The minimum atomic E-state index is -0.0487. The van der Waals surface area contributed by atoms with Crippen LogP contribution >= 0.6 is 11.6 Å². The molecule has 1 heterocycles. The van der Waals surface area contributed by atoms with Crippen molar-refractivity contribution in [3.8, 4) is 0 Å². The van der Waals surface area contributed by atoms with Gasteiger partial charge in [-0.05, 0) is 43.4 Å². The van der Waals surface area contributed by atoms with Gasteiger partial charge in [0.15, 0.2) is 0 Å². The maximum Gasteiger partial charge on any atom is 0.254 e. The Bertz CT molecular complexity index is 747. The van der Waals surface area contributed by atoms with Gasteiger partial charge in [-0.2, -0.15) is 0 Å². The van der Waals surface area contributed by atoms with E-state index in [1.165, 1.54) is 0 Å². The van der Waals surface area contributed by atoms with Gasteiger partial charge >= 0.3 is 0 Å². The topological polar surface area (TPSA) is 35.6 Å². The third kappa shape index (κ3) is 4.21. The van der Waals surface area contributed by atoms with Gasteiger partial charge in [0.05, 0.1) is 6.04 Å². The Balaban J connectivity index is 1.88. The predicted molar refractivity (Wildman–Crippen MR) is 102 cm³/mol. The van der Waals surface area contributed by atoms with Gasteiger partial charge in [-0.25, -0.2) is 0 Å². The molecule has 1 atom stereocenters. The second kappa shape index (κ2) is 8.00. The zero-order valence-electron chi connectivity index (χ0n) is 14.7. The molecule has 5 heteroatoms. The number of carbonyl (C=O) groups is 1. The minimum absolute atomic E-state index is 0.0487. The summed E-state index contributed by atoms with van der Waals surface area (Å²) in [5.41, 5.74) is 2.87. The van der Waals surface area contributed by atoms with Crippen LogP contribution in [-0.2, 0) is 6.54 Å². The van der Waals surface area contributed by atoms with Gasteiger partial charge in [-0.1, -0.05) is 41.9 Å². The lowest BCUT2D eigenvalue weighted by atomic mass is 10.0. The molecule has 0 radical (unpaired) electrons. The number of nitrogens with zero attached hydrogens (tertiary/aromatic N) is 2. The molecule has 1 saturated heterocycles. The summed E-state index contributed by atoms with van der Waals surface area (Å²) < 4.78 is 0. The second-order valence-electron chi connectivity index (χ2n) is 6.68. The van der Waals surface area contributed by atoms with Crippen molar-refractivity contribution >= 4 is 17.5 Å². The van der Waals surface area contributed by atoms with Crippen LogP contribution < -0.4 is 5.32 Å². The first-order valence-electron chi connectivity index (χ1n) is 8.56. The third-order valence-corrected chi connectivity index (χ3v) is 4.79. The summed E-state index contributed by atoms with van der Waals surface area (Å²) in [5.74, 6) is 0.0621. The average molecular weight is 358 g/mol. The van der Waals surface area contributed by atoms with E-state index in [0.29, 0.717) is 18.1 Å². The monoisotopic (exact) mass is 357 g/mol. The number of benzene rings is 2. The Labute approximate surface area is 154 Å². The quantitative estimate of drug-likeness (QED) is 0.912. The van der Waals surface area contributed by atoms with Gasteiger partial charge in [0, 0.05) is 36.8 Å². The summed E-state index contributed by atoms with van der Waals surface area (Å²) in [5, 5.41) is 4.08. The normalized spacial score (nSPS) is 17.8. The van der Waals surface area contributed by atoms with E-state index in [9.17, 15) is 4.79 Å². The summed E-state index contributed by atoms with van der Waals surface area (Å²) in [6.45, 7) is 3.00. The first-order chi connectivity index (χ1) is 12.1. The van der Waals surface area contributed by atoms with Gasteiger partial charge < -0.3 is 15.1 Å². The highest BCUT2D eigenvalue weighted by Crippen LogP contribution is 2.29. The fourth-order valence-electron chi connectivity index (χ4n) is 3.30. The summed E-state index contributed by atoms with van der Waals surface area (Å²) in [6, 6.07) is 15.6. The standard InChI is InChI=1S/C20H24ClN3O/c1-23(2)14-15-6-5-7-16(12-15)20(25)24-11-10-22-13-19(24)17-8-3-4-9-18(17)21/h3-9,12,19,22H,10-11,13-14H2,1-2H3. The fraction of sp³-hybridized carbons (Fsp3) is 0.350. The number of hydrogen-bond donors (Lipinski definition) is 1. The van der Waals surface area contributed by atoms with Crippen molar-refractivity contribution < 1.29 is 4.79 Å². The third-order valence-electron chi connectivity index (χ3n) is 4.44. The molecule has 0 bridgehead atoms. The van der Waals surface area contributed by atoms with E-state index in [2.05, 4.69) is 16.3 Å². The fourth-order valence-corrected chi connectivity index (χ4v) is 3.57. The van der Waals surface area contributed by atoms with Crippen LogP contribution in [-0.4, -0.2) is 49.4 Å². The lowest BCUT2D eigenvalue weighted by Gasteiger charge is -2.37. The van der Waals surface area contributed by atoms with Gasteiger partial charge in [0.25, 0.3) is 5.91 Å². The molecule has 3 rings (SSSR count). The van der Waals surface area contributed by atoms with Gasteiger partial charge in [-0.3, -0.25) is 4.79 Å². The number of hydrogen-bond acceptors (Lipinski definition) is 3. The zero-order chi connectivity index (χ0) is 17.8. The van der Waals surface area contributed by atoms with Crippen molar-refractivity contribution in [1.82, 2.24) is 15.1 Å². The van der Waals surface area contributed by atoms with E-state index in [1.54, 1.807) is 0 Å². The molecule has 1 N–H and O–H groups in total. The number of nitrogens with one attached hydrogen (secondary N) is 1. The van der Waals surface area contributed by atoms with Crippen LogP contribution in [0.15, 0.2) is 48.5 Å². The van der Waals surface area contributed by atoms with Crippen LogP contribution in [0.1, 0.15) is 27.5 Å². The van der Waals surface area contributed by atoms with E-state index < -0.39 is 0 Å². The molecule has 2 aromatic carbocycles. The molecular formula is C20H24ClN3O. The van der Waals surface area contributed by atoms with Crippen molar-refractivity contribution in [2.45, 2.75) is 12.6 Å². The van der Waals surface area contributed by atoms with Crippen LogP contribution in [0.2, 0.25) is 5.02 Å². The molecule has 1 fully saturated rings. The number of halogens is 1. The maximum absolute atomic E-state index is 13.2. The summed E-state index contributed by atoms with van der Waals surface area (Å²) >= 11 is 6.38. The van der Waals surface area contributed by atoms with Gasteiger partial charge in [0.1, 0.15) is 0 Å². The summed E-state index contributed by atoms with van der Waals surface area (Å²) in [7, 11) is 4.05. The Morgan fingerprint density at radius 1 is 1.24 bits per heavy atom. The van der Waals surface area contributed by atoms with E-state index in [4.69, 9.17) is 11.6 Å². The molecule has 1 unspecified atom stereocenters. The van der Waals surface area contributed by atoms with Crippen LogP contribution in [0.5, 0.6) is 0 Å². The number of carbonyl (C=O) groups excluding carboxylic acids is 1. The van der Waals surface area contributed by atoms with Crippen molar-refractivity contribution in [3.63, 3.8) is 0 Å². The molecule has 0 aliphatic carbocycles. The van der Waals surface area contributed by atoms with Crippen LogP contribution in [0.3, 0.4) is 0 Å². The first kappa shape index (κ1) is 17.9. The highest BCUT2D eigenvalue weighted by Gasteiger charge is 2.29. The summed E-state index contributed by atoms with van der Waals surface area (Å²) in [6.07, 6.45) is 0. The van der Waals surface area contributed by atoms with Crippen molar-refractivity contribution in [2.75, 3.05) is 33.7 Å². The SMILES string of the molecule is CN(C)Cc1cccc(C(=O)N2CCNCC2c2ccccc2Cl)c1. The molecule has 1 aliphatic heterocycles. The Morgan fingerprint density at radius 3 is 2.80 bits per heavy atom. The van der Waals surface area contributed by atoms with Gasteiger partial charge in [-0.15, -0.1) is 0 Å². The molecular weight excluding hydrogens is 334 g/mol. The molecule has 1 aliphatic rings. The van der Waals surface area contributed by atoms with E-state index in [1.807, 2.05) is 61.5 Å². The second-order valence-corrected chi connectivity index (χ2v) is 7.09. The van der Waals surface area contributed by atoms with Crippen LogP contribution in [0.25, 0.3) is 0 Å². The Kier molecular flexibility index (Phi) is 5.74. The Hall–Kier alpha value is -1.88. The summed E-state index contributed by atoms with van der Waals surface area (Å²) in [4.78, 5) is 17.2. The molecule has 132 valence electrons. The predicted octanol–water partition coefficient (Wildman–Crippen LogP) is 3.19. The first-order valence-corrected chi connectivity index (χ1v) is 8.94. The molecule has 1 amide bonds. The number of amides is 1. The largest absolute Gasteiger partial charge is 0.329 e. The molecule has 0 saturated carbocycles. The van der Waals surface area contributed by atoms with Crippen molar-refractivity contribution in [3.05, 3.63) is 70.2 Å².